The van der Waals surface area contributed by atoms with Crippen molar-refractivity contribution in [1.82, 2.24) is 0 Å². The molecular weight excluding hydrogens is 260 g/mol. The van der Waals surface area contributed by atoms with E-state index in [1.54, 1.807) is 19.1 Å². The van der Waals surface area contributed by atoms with Crippen molar-refractivity contribution in [2.45, 2.75) is 27.2 Å². The van der Waals surface area contributed by atoms with E-state index in [9.17, 15) is 9.59 Å². The van der Waals surface area contributed by atoms with Gasteiger partial charge >= 0.3 is 11.6 Å². The first kappa shape index (κ1) is 14.1. The topological polar surface area (TPSA) is 76.7 Å². The zero-order valence-electron chi connectivity index (χ0n) is 11.6. The van der Waals surface area contributed by atoms with Crippen molar-refractivity contribution >= 4 is 16.9 Å². The predicted molar refractivity (Wildman–Crippen MR) is 74.5 cm³/mol. The summed E-state index contributed by atoms with van der Waals surface area (Å²) in [7, 11) is 0. The number of hydrogen-bond acceptors (Lipinski definition) is 4. The predicted octanol–water partition coefficient (Wildman–Crippen LogP) is 2.44. The van der Waals surface area contributed by atoms with Gasteiger partial charge in [-0.2, -0.15) is 0 Å². The number of ether oxygens (including phenoxy) is 1. The third kappa shape index (κ3) is 2.39. The van der Waals surface area contributed by atoms with Crippen molar-refractivity contribution in [3.63, 3.8) is 0 Å². The van der Waals surface area contributed by atoms with Crippen LogP contribution in [0.5, 0.6) is 5.75 Å². The number of rotatable bonds is 4. The van der Waals surface area contributed by atoms with Gasteiger partial charge in [0.15, 0.2) is 0 Å². The number of benzene rings is 1. The van der Waals surface area contributed by atoms with Gasteiger partial charge in [-0.1, -0.05) is 0 Å². The monoisotopic (exact) mass is 276 g/mol. The summed E-state index contributed by atoms with van der Waals surface area (Å²) < 4.78 is 10.8. The maximum Gasteiger partial charge on any atom is 0.340 e. The van der Waals surface area contributed by atoms with Gasteiger partial charge in [0.1, 0.15) is 11.3 Å². The normalized spacial score (nSPS) is 10.8. The van der Waals surface area contributed by atoms with Gasteiger partial charge in [0.2, 0.25) is 0 Å². The lowest BCUT2D eigenvalue weighted by Crippen LogP contribution is -2.15. The second-order valence-corrected chi connectivity index (χ2v) is 4.56. The van der Waals surface area contributed by atoms with Gasteiger partial charge in [0.25, 0.3) is 0 Å². The fourth-order valence-corrected chi connectivity index (χ4v) is 2.24. The summed E-state index contributed by atoms with van der Waals surface area (Å²) in [6.45, 7) is 5.94. The molecule has 0 amide bonds. The van der Waals surface area contributed by atoms with E-state index >= 15 is 0 Å². The van der Waals surface area contributed by atoms with Crippen molar-refractivity contribution in [3.05, 3.63) is 39.2 Å². The SMILES string of the molecule is CCOc1ccc2c(C)c(CC(=O)O)c(=O)oc2c1C. The molecule has 5 nitrogen and oxygen atoms in total. The van der Waals surface area contributed by atoms with Gasteiger partial charge in [-0.3, -0.25) is 4.79 Å². The molecule has 2 aromatic rings. The molecule has 5 heteroatoms. The summed E-state index contributed by atoms with van der Waals surface area (Å²) >= 11 is 0. The van der Waals surface area contributed by atoms with Crippen LogP contribution in [0.4, 0.5) is 0 Å². The Morgan fingerprint density at radius 3 is 2.60 bits per heavy atom. The van der Waals surface area contributed by atoms with E-state index in [1.165, 1.54) is 0 Å². The standard InChI is InChI=1S/C15H16O5/c1-4-19-12-6-5-10-8(2)11(7-13(16)17)15(18)20-14(10)9(12)3/h5-6H,4,7H2,1-3H3,(H,16,17). The summed E-state index contributed by atoms with van der Waals surface area (Å²) in [4.78, 5) is 22.8. The molecular formula is C15H16O5. The molecule has 0 unspecified atom stereocenters. The van der Waals surface area contributed by atoms with Gasteiger partial charge < -0.3 is 14.3 Å². The van der Waals surface area contributed by atoms with E-state index in [2.05, 4.69) is 0 Å². The van der Waals surface area contributed by atoms with Crippen molar-refractivity contribution in [2.24, 2.45) is 0 Å². The van der Waals surface area contributed by atoms with Crippen molar-refractivity contribution in [2.75, 3.05) is 6.61 Å². The van der Waals surface area contributed by atoms with Gasteiger partial charge in [-0.25, -0.2) is 4.79 Å². The van der Waals surface area contributed by atoms with Crippen LogP contribution in [0.25, 0.3) is 11.0 Å². The first-order chi connectivity index (χ1) is 9.45. The summed E-state index contributed by atoms with van der Waals surface area (Å²) in [5, 5.41) is 9.59. The first-order valence-electron chi connectivity index (χ1n) is 6.36. The fraction of sp³-hybridized carbons (Fsp3) is 0.333. The van der Waals surface area contributed by atoms with E-state index in [1.807, 2.05) is 13.8 Å². The van der Waals surface area contributed by atoms with E-state index in [0.29, 0.717) is 23.5 Å². The van der Waals surface area contributed by atoms with E-state index in [4.69, 9.17) is 14.3 Å². The Labute approximate surface area is 115 Å². The van der Waals surface area contributed by atoms with Gasteiger partial charge in [0.05, 0.1) is 18.6 Å². The molecule has 1 aromatic heterocycles. The molecule has 0 saturated heterocycles. The number of fused-ring (bicyclic) bond motifs is 1. The van der Waals surface area contributed by atoms with Crippen LogP contribution < -0.4 is 10.4 Å². The van der Waals surface area contributed by atoms with Crippen LogP contribution in [0.15, 0.2) is 21.3 Å². The number of carboxylic acids is 1. The second kappa shape index (κ2) is 5.36. The average molecular weight is 276 g/mol. The molecule has 1 heterocycles. The molecule has 0 fully saturated rings. The molecule has 1 N–H and O–H groups in total. The first-order valence-corrected chi connectivity index (χ1v) is 6.36. The Morgan fingerprint density at radius 1 is 1.30 bits per heavy atom. The van der Waals surface area contributed by atoms with Gasteiger partial charge in [-0.05, 0) is 38.5 Å². The lowest BCUT2D eigenvalue weighted by molar-refractivity contribution is -0.136. The molecule has 1 aromatic carbocycles. The summed E-state index contributed by atoms with van der Waals surface area (Å²) in [5.74, 6) is -0.393. The third-order valence-corrected chi connectivity index (χ3v) is 3.28. The molecule has 20 heavy (non-hydrogen) atoms. The fourth-order valence-electron chi connectivity index (χ4n) is 2.24. The van der Waals surface area contributed by atoms with Crippen LogP contribution in [0.3, 0.4) is 0 Å². The Bertz CT molecular complexity index is 727. The Hall–Kier alpha value is -2.30. The van der Waals surface area contributed by atoms with Gasteiger partial charge in [-0.15, -0.1) is 0 Å². The zero-order chi connectivity index (χ0) is 14.9. The van der Waals surface area contributed by atoms with Crippen molar-refractivity contribution in [1.29, 1.82) is 0 Å². The highest BCUT2D eigenvalue weighted by molar-refractivity contribution is 5.86. The second-order valence-electron chi connectivity index (χ2n) is 4.56. The van der Waals surface area contributed by atoms with Crippen LogP contribution in [-0.2, 0) is 11.2 Å². The molecule has 106 valence electrons. The highest BCUT2D eigenvalue weighted by atomic mass is 16.5. The largest absolute Gasteiger partial charge is 0.493 e. The minimum absolute atomic E-state index is 0.188. The zero-order valence-corrected chi connectivity index (χ0v) is 11.6. The molecule has 0 saturated carbocycles. The highest BCUT2D eigenvalue weighted by Gasteiger charge is 2.16. The number of carboxylic acid groups (broad SMARTS) is 1. The molecule has 0 aliphatic rings. The molecule has 0 radical (unpaired) electrons. The summed E-state index contributed by atoms with van der Waals surface area (Å²) in [6, 6.07) is 3.59. The van der Waals surface area contributed by atoms with Crippen LogP contribution in [0, 0.1) is 13.8 Å². The van der Waals surface area contributed by atoms with Gasteiger partial charge in [0, 0.05) is 10.9 Å². The summed E-state index contributed by atoms with van der Waals surface area (Å²) in [6.07, 6.45) is -0.337. The molecule has 0 aliphatic carbocycles. The maximum absolute atomic E-state index is 11.9. The van der Waals surface area contributed by atoms with Crippen LogP contribution in [-0.4, -0.2) is 17.7 Å². The highest BCUT2D eigenvalue weighted by Crippen LogP contribution is 2.29. The smallest absolute Gasteiger partial charge is 0.340 e. The van der Waals surface area contributed by atoms with Crippen molar-refractivity contribution in [3.8, 4) is 5.75 Å². The number of hydrogen-bond donors (Lipinski definition) is 1. The Kier molecular flexibility index (Phi) is 3.79. The number of aliphatic carboxylic acids is 1. The molecule has 0 atom stereocenters. The van der Waals surface area contributed by atoms with E-state index in [0.717, 1.165) is 10.9 Å². The van der Waals surface area contributed by atoms with E-state index in [-0.39, 0.29) is 12.0 Å². The molecule has 0 aliphatic heterocycles. The third-order valence-electron chi connectivity index (χ3n) is 3.28. The van der Waals surface area contributed by atoms with Crippen LogP contribution in [0.1, 0.15) is 23.6 Å². The minimum Gasteiger partial charge on any atom is -0.493 e. The number of carbonyl (C=O) groups is 1. The maximum atomic E-state index is 11.9. The lowest BCUT2D eigenvalue weighted by atomic mass is 10.0. The lowest BCUT2D eigenvalue weighted by Gasteiger charge is -2.11. The minimum atomic E-state index is -1.05. The van der Waals surface area contributed by atoms with Crippen LogP contribution >= 0.6 is 0 Å². The molecule has 0 bridgehead atoms. The number of aryl methyl sites for hydroxylation is 2. The average Bonchev–Trinajstić information content (AvgIpc) is 2.38. The molecule has 0 spiro atoms. The molecule has 2 rings (SSSR count). The van der Waals surface area contributed by atoms with E-state index < -0.39 is 11.6 Å². The Balaban J connectivity index is 2.73. The van der Waals surface area contributed by atoms with Crippen molar-refractivity contribution < 1.29 is 19.1 Å². The van der Waals surface area contributed by atoms with Crippen LogP contribution in [0.2, 0.25) is 0 Å². The quantitative estimate of drug-likeness (QED) is 0.868. The Morgan fingerprint density at radius 2 is 2.00 bits per heavy atom. The summed E-state index contributed by atoms with van der Waals surface area (Å²) in [5.41, 5.74) is 1.42.